The zero-order chi connectivity index (χ0) is 17.6. The number of unbranched alkanes of at least 4 members (excludes halogenated alkanes) is 5. The lowest BCUT2D eigenvalue weighted by Crippen LogP contribution is -1.93. The maximum atomic E-state index is 11.7. The second-order valence-electron chi connectivity index (χ2n) is 6.11. The molecule has 0 bridgehead atoms. The number of hydrogen-bond donors (Lipinski definition) is 0. The Hall–Kier alpha value is -1.77. The summed E-state index contributed by atoms with van der Waals surface area (Å²) < 4.78 is 10.6. The molecule has 0 aliphatic heterocycles. The molecule has 134 valence electrons. The Morgan fingerprint density at radius 3 is 2.46 bits per heavy atom. The fraction of sp³-hybridized carbons (Fsp3) is 0.571. The Kier molecular flexibility index (Phi) is 10.7. The van der Waals surface area contributed by atoms with Gasteiger partial charge in [0.05, 0.1) is 14.2 Å². The summed E-state index contributed by atoms with van der Waals surface area (Å²) in [4.78, 5) is 11.7. The molecule has 0 saturated heterocycles. The number of carbonyl (C=O) groups is 1. The number of benzene rings is 1. The van der Waals surface area contributed by atoms with Gasteiger partial charge in [-0.1, -0.05) is 44.7 Å². The third kappa shape index (κ3) is 8.19. The van der Waals surface area contributed by atoms with Crippen LogP contribution in [0, 0.1) is 0 Å². The van der Waals surface area contributed by atoms with Gasteiger partial charge in [-0.25, -0.2) is 0 Å². The number of methoxy groups -OCH3 is 2. The number of ketones is 1. The van der Waals surface area contributed by atoms with E-state index in [1.165, 1.54) is 31.2 Å². The normalized spacial score (nSPS) is 11.0. The first-order valence-corrected chi connectivity index (χ1v) is 9.11. The van der Waals surface area contributed by atoms with Gasteiger partial charge in [0.25, 0.3) is 0 Å². The first-order chi connectivity index (χ1) is 11.7. The van der Waals surface area contributed by atoms with Crippen LogP contribution in [0.25, 0.3) is 0 Å². The maximum absolute atomic E-state index is 11.7. The number of allylic oxidation sites excluding steroid dienone is 2. The highest BCUT2D eigenvalue weighted by Gasteiger charge is 2.04. The van der Waals surface area contributed by atoms with Crippen molar-refractivity contribution in [2.24, 2.45) is 0 Å². The highest BCUT2D eigenvalue weighted by molar-refractivity contribution is 5.89. The van der Waals surface area contributed by atoms with Gasteiger partial charge >= 0.3 is 0 Å². The van der Waals surface area contributed by atoms with Crippen LogP contribution in [0.15, 0.2) is 30.4 Å². The van der Waals surface area contributed by atoms with Crippen molar-refractivity contribution in [1.29, 1.82) is 0 Å². The van der Waals surface area contributed by atoms with Gasteiger partial charge in [-0.2, -0.15) is 0 Å². The number of rotatable bonds is 13. The smallest absolute Gasteiger partial charge is 0.160 e. The molecular formula is C21H32O3. The maximum Gasteiger partial charge on any atom is 0.160 e. The lowest BCUT2D eigenvalue weighted by molar-refractivity contribution is -0.114. The highest BCUT2D eigenvalue weighted by Crippen LogP contribution is 2.28. The van der Waals surface area contributed by atoms with Crippen molar-refractivity contribution in [3.63, 3.8) is 0 Å². The van der Waals surface area contributed by atoms with Gasteiger partial charge < -0.3 is 9.47 Å². The summed E-state index contributed by atoms with van der Waals surface area (Å²) in [5.41, 5.74) is 1.23. The van der Waals surface area contributed by atoms with Gasteiger partial charge in [-0.15, -0.1) is 0 Å². The van der Waals surface area contributed by atoms with E-state index >= 15 is 0 Å². The van der Waals surface area contributed by atoms with Gasteiger partial charge in [-0.3, -0.25) is 4.79 Å². The van der Waals surface area contributed by atoms with Crippen molar-refractivity contribution < 1.29 is 14.3 Å². The number of aryl methyl sites for hydroxylation is 1. The van der Waals surface area contributed by atoms with E-state index in [-0.39, 0.29) is 5.78 Å². The predicted octanol–water partition coefficient (Wildman–Crippen LogP) is 5.51. The Morgan fingerprint density at radius 1 is 1.00 bits per heavy atom. The standard InChI is InChI=1S/C21H32O3/c1-4-5-6-7-10-13-19(22)14-11-8-9-12-18-15-16-20(23-2)21(17-18)24-3/h11,14-17H,4-10,12-13H2,1-3H3. The van der Waals surface area contributed by atoms with Gasteiger partial charge in [0, 0.05) is 6.42 Å². The molecule has 0 aliphatic carbocycles. The van der Waals surface area contributed by atoms with E-state index < -0.39 is 0 Å². The molecule has 0 atom stereocenters. The van der Waals surface area contributed by atoms with E-state index in [0.29, 0.717) is 6.42 Å². The Morgan fingerprint density at radius 2 is 1.75 bits per heavy atom. The van der Waals surface area contributed by atoms with E-state index in [1.807, 2.05) is 18.2 Å². The van der Waals surface area contributed by atoms with Gasteiger partial charge in [0.1, 0.15) is 0 Å². The van der Waals surface area contributed by atoms with E-state index in [9.17, 15) is 4.79 Å². The van der Waals surface area contributed by atoms with Crippen molar-refractivity contribution in [2.45, 2.75) is 64.7 Å². The second kappa shape index (κ2) is 12.6. The average molecular weight is 332 g/mol. The minimum Gasteiger partial charge on any atom is -0.493 e. The highest BCUT2D eigenvalue weighted by atomic mass is 16.5. The Labute approximate surface area is 147 Å². The summed E-state index contributed by atoms with van der Waals surface area (Å²) >= 11 is 0. The number of hydrogen-bond acceptors (Lipinski definition) is 3. The molecule has 0 saturated carbocycles. The van der Waals surface area contributed by atoms with Crippen LogP contribution >= 0.6 is 0 Å². The monoisotopic (exact) mass is 332 g/mol. The van der Waals surface area contributed by atoms with Gasteiger partial charge in [-0.05, 0) is 49.5 Å². The summed E-state index contributed by atoms with van der Waals surface area (Å²) in [7, 11) is 3.29. The van der Waals surface area contributed by atoms with Crippen LogP contribution < -0.4 is 9.47 Å². The quantitative estimate of drug-likeness (QED) is 0.353. The summed E-state index contributed by atoms with van der Waals surface area (Å²) in [5.74, 6) is 1.78. The first kappa shape index (κ1) is 20.3. The van der Waals surface area contributed by atoms with Crippen molar-refractivity contribution in [2.75, 3.05) is 14.2 Å². The molecular weight excluding hydrogens is 300 g/mol. The number of ether oxygens (including phenoxy) is 2. The summed E-state index contributed by atoms with van der Waals surface area (Å²) in [6.07, 6.45) is 13.3. The Balaban J connectivity index is 2.22. The molecule has 0 amide bonds. The van der Waals surface area contributed by atoms with Crippen LogP contribution in [0.1, 0.15) is 63.9 Å². The van der Waals surface area contributed by atoms with Crippen LogP contribution in [-0.2, 0) is 11.2 Å². The molecule has 1 aromatic carbocycles. The molecule has 0 aliphatic rings. The SMILES string of the molecule is CCCCCCCC(=O)C=CCCCc1ccc(OC)c(OC)c1. The van der Waals surface area contributed by atoms with Crippen molar-refractivity contribution >= 4 is 5.78 Å². The molecule has 3 nitrogen and oxygen atoms in total. The molecule has 1 rings (SSSR count). The zero-order valence-corrected chi connectivity index (χ0v) is 15.5. The molecule has 1 aromatic rings. The zero-order valence-electron chi connectivity index (χ0n) is 15.5. The van der Waals surface area contributed by atoms with E-state index in [2.05, 4.69) is 13.0 Å². The summed E-state index contributed by atoms with van der Waals surface area (Å²) in [6.45, 7) is 2.20. The summed E-state index contributed by atoms with van der Waals surface area (Å²) in [6, 6.07) is 6.02. The minimum atomic E-state index is 0.262. The van der Waals surface area contributed by atoms with Gasteiger partial charge in [0.15, 0.2) is 17.3 Å². The molecule has 3 heteroatoms. The third-order valence-corrected chi connectivity index (χ3v) is 4.11. The fourth-order valence-corrected chi connectivity index (χ4v) is 2.66. The molecule has 0 heterocycles. The molecule has 0 unspecified atom stereocenters. The molecule has 24 heavy (non-hydrogen) atoms. The van der Waals surface area contributed by atoms with Crippen LogP contribution in [-0.4, -0.2) is 20.0 Å². The third-order valence-electron chi connectivity index (χ3n) is 4.11. The van der Waals surface area contributed by atoms with Crippen LogP contribution in [0.2, 0.25) is 0 Å². The average Bonchev–Trinajstić information content (AvgIpc) is 2.61. The largest absolute Gasteiger partial charge is 0.493 e. The first-order valence-electron chi connectivity index (χ1n) is 9.11. The fourth-order valence-electron chi connectivity index (χ4n) is 2.66. The second-order valence-corrected chi connectivity index (χ2v) is 6.11. The van der Waals surface area contributed by atoms with E-state index in [4.69, 9.17) is 9.47 Å². The minimum absolute atomic E-state index is 0.262. The van der Waals surface area contributed by atoms with E-state index in [1.54, 1.807) is 20.3 Å². The van der Waals surface area contributed by atoms with Crippen LogP contribution in [0.3, 0.4) is 0 Å². The molecule has 0 spiro atoms. The molecule has 0 N–H and O–H groups in total. The number of carbonyl (C=O) groups excluding carboxylic acids is 1. The van der Waals surface area contributed by atoms with E-state index in [0.717, 1.165) is 37.2 Å². The molecule has 0 radical (unpaired) electrons. The van der Waals surface area contributed by atoms with Crippen molar-refractivity contribution in [3.8, 4) is 11.5 Å². The topological polar surface area (TPSA) is 35.5 Å². The predicted molar refractivity (Wildman–Crippen MR) is 100 cm³/mol. The lowest BCUT2D eigenvalue weighted by atomic mass is 10.1. The van der Waals surface area contributed by atoms with Crippen molar-refractivity contribution in [3.05, 3.63) is 35.9 Å². The van der Waals surface area contributed by atoms with Crippen LogP contribution in [0.4, 0.5) is 0 Å². The van der Waals surface area contributed by atoms with Crippen LogP contribution in [0.5, 0.6) is 11.5 Å². The molecule has 0 fully saturated rings. The van der Waals surface area contributed by atoms with Crippen molar-refractivity contribution in [1.82, 2.24) is 0 Å². The lowest BCUT2D eigenvalue weighted by Gasteiger charge is -2.09. The Bertz CT molecular complexity index is 506. The summed E-state index contributed by atoms with van der Waals surface area (Å²) in [5, 5.41) is 0. The molecule has 0 aromatic heterocycles. The van der Waals surface area contributed by atoms with Gasteiger partial charge in [0.2, 0.25) is 0 Å².